The Hall–Kier alpha value is 0.175. The summed E-state index contributed by atoms with van der Waals surface area (Å²) >= 11 is 6.75. The zero-order chi connectivity index (χ0) is 8.27. The van der Waals surface area contributed by atoms with Gasteiger partial charge in [-0.1, -0.05) is 37.3 Å². The highest BCUT2D eigenvalue weighted by atomic mass is 79.9. The van der Waals surface area contributed by atoms with Crippen molar-refractivity contribution < 1.29 is 0 Å². The molecule has 0 spiro atoms. The minimum Gasteiger partial charge on any atom is -0.256 e. The molecule has 0 aliphatic rings. The summed E-state index contributed by atoms with van der Waals surface area (Å²) in [5.41, 5.74) is 3.46. The van der Waals surface area contributed by atoms with Crippen LogP contribution in [0.1, 0.15) is 11.4 Å². The molecule has 1 aromatic rings. The molecule has 0 saturated carbocycles. The molecule has 4 heteroatoms. The Morgan fingerprint density at radius 2 is 1.64 bits per heavy atom. The Bertz CT molecular complexity index is 230. The molecule has 11 heavy (non-hydrogen) atoms. The maximum absolute atomic E-state index is 4.38. The predicted molar refractivity (Wildman–Crippen MR) is 57.7 cm³/mol. The molecular weight excluding hydrogens is 269 g/mol. The third kappa shape index (κ3) is 2.60. The van der Waals surface area contributed by atoms with Crippen LogP contribution in [0.5, 0.6) is 0 Å². The van der Waals surface area contributed by atoms with E-state index in [0.29, 0.717) is 0 Å². The number of hydrogen-bond acceptors (Lipinski definition) is 1. The van der Waals surface area contributed by atoms with E-state index in [1.165, 1.54) is 5.46 Å². The third-order valence-electron chi connectivity index (χ3n) is 1.35. The molecule has 0 aromatic carbocycles. The molecule has 58 valence electrons. The average Bonchev–Trinajstić information content (AvgIpc) is 2.03. The van der Waals surface area contributed by atoms with Crippen molar-refractivity contribution in [1.29, 1.82) is 0 Å². The van der Waals surface area contributed by atoms with Crippen LogP contribution in [-0.4, -0.2) is 12.8 Å². The standard InChI is InChI=1S/C7H8BBr2N/c8-5-1-6(3-9)11-7(2-5)4-10/h1-2H,3-4,8H2. The van der Waals surface area contributed by atoms with E-state index in [1.54, 1.807) is 0 Å². The number of rotatable bonds is 2. The summed E-state index contributed by atoms with van der Waals surface area (Å²) < 4.78 is 0. The minimum absolute atomic E-state index is 0.828. The topological polar surface area (TPSA) is 12.9 Å². The molecule has 0 atom stereocenters. The van der Waals surface area contributed by atoms with Gasteiger partial charge in [0, 0.05) is 10.7 Å². The van der Waals surface area contributed by atoms with Gasteiger partial charge in [0.15, 0.2) is 0 Å². The van der Waals surface area contributed by atoms with Crippen LogP contribution in [0.2, 0.25) is 0 Å². The fourth-order valence-electron chi connectivity index (χ4n) is 0.953. The first-order chi connectivity index (χ1) is 5.26. The second-order valence-electron chi connectivity index (χ2n) is 2.39. The molecule has 1 nitrogen and oxygen atoms in total. The Kier molecular flexibility index (Phi) is 3.59. The van der Waals surface area contributed by atoms with Gasteiger partial charge in [0.2, 0.25) is 0 Å². The van der Waals surface area contributed by atoms with Crippen molar-refractivity contribution in [2.45, 2.75) is 10.7 Å². The van der Waals surface area contributed by atoms with E-state index in [1.807, 2.05) is 0 Å². The number of alkyl halides is 2. The monoisotopic (exact) mass is 275 g/mol. The van der Waals surface area contributed by atoms with Gasteiger partial charge in [-0.3, -0.25) is 4.98 Å². The maximum Gasteiger partial charge on any atom is 0.139 e. The van der Waals surface area contributed by atoms with E-state index >= 15 is 0 Å². The Balaban J connectivity index is 3.02. The van der Waals surface area contributed by atoms with E-state index in [9.17, 15) is 0 Å². The third-order valence-corrected chi connectivity index (χ3v) is 2.50. The SMILES string of the molecule is Bc1cc(CBr)nc(CBr)c1. The summed E-state index contributed by atoms with van der Waals surface area (Å²) in [6, 6.07) is 4.17. The molecule has 0 fully saturated rings. The fourth-order valence-corrected chi connectivity index (χ4v) is 1.53. The van der Waals surface area contributed by atoms with Crippen molar-refractivity contribution in [2.75, 3.05) is 0 Å². The van der Waals surface area contributed by atoms with Crippen molar-refractivity contribution >= 4 is 45.2 Å². The van der Waals surface area contributed by atoms with Gasteiger partial charge in [0.25, 0.3) is 0 Å². The van der Waals surface area contributed by atoms with E-state index in [2.05, 4.69) is 56.8 Å². The van der Waals surface area contributed by atoms with Crippen LogP contribution in [0.25, 0.3) is 0 Å². The van der Waals surface area contributed by atoms with Gasteiger partial charge in [0.1, 0.15) is 7.85 Å². The lowest BCUT2D eigenvalue weighted by Crippen LogP contribution is -2.07. The second-order valence-corrected chi connectivity index (χ2v) is 3.52. The van der Waals surface area contributed by atoms with Crippen molar-refractivity contribution in [3.63, 3.8) is 0 Å². The molecule has 0 N–H and O–H groups in total. The predicted octanol–water partition coefficient (Wildman–Crippen LogP) is 1.13. The molecule has 0 amide bonds. The lowest BCUT2D eigenvalue weighted by molar-refractivity contribution is 1.11. The van der Waals surface area contributed by atoms with Gasteiger partial charge in [-0.05, 0) is 12.1 Å². The first-order valence-corrected chi connectivity index (χ1v) is 5.59. The van der Waals surface area contributed by atoms with Crippen LogP contribution in [-0.2, 0) is 10.7 Å². The number of aromatic nitrogens is 1. The zero-order valence-corrected chi connectivity index (χ0v) is 9.44. The summed E-state index contributed by atoms with van der Waals surface area (Å²) in [5.74, 6) is 0. The first-order valence-electron chi connectivity index (χ1n) is 3.34. The van der Waals surface area contributed by atoms with Gasteiger partial charge >= 0.3 is 0 Å². The lowest BCUT2D eigenvalue weighted by atomic mass is 9.96. The van der Waals surface area contributed by atoms with Gasteiger partial charge in [-0.15, -0.1) is 0 Å². The smallest absolute Gasteiger partial charge is 0.139 e. The van der Waals surface area contributed by atoms with Gasteiger partial charge in [-0.25, -0.2) is 0 Å². The van der Waals surface area contributed by atoms with Crippen LogP contribution in [0.4, 0.5) is 0 Å². The highest BCUT2D eigenvalue weighted by Gasteiger charge is 1.96. The van der Waals surface area contributed by atoms with Crippen molar-refractivity contribution in [3.8, 4) is 0 Å². The maximum atomic E-state index is 4.38. The van der Waals surface area contributed by atoms with Crippen LogP contribution >= 0.6 is 31.9 Å². The molecule has 0 saturated heterocycles. The number of pyridine rings is 1. The van der Waals surface area contributed by atoms with Gasteiger partial charge < -0.3 is 0 Å². The summed E-state index contributed by atoms with van der Waals surface area (Å²) in [5, 5.41) is 1.66. The van der Waals surface area contributed by atoms with E-state index in [0.717, 1.165) is 22.0 Å². The van der Waals surface area contributed by atoms with Crippen LogP contribution in [0, 0.1) is 0 Å². The molecule has 0 bridgehead atoms. The van der Waals surface area contributed by atoms with Crippen LogP contribution in [0.3, 0.4) is 0 Å². The van der Waals surface area contributed by atoms with E-state index in [-0.39, 0.29) is 0 Å². The molecule has 0 aliphatic heterocycles. The number of hydrogen-bond donors (Lipinski definition) is 0. The van der Waals surface area contributed by atoms with Crippen LogP contribution in [0.15, 0.2) is 12.1 Å². The molecular formula is C7H8BBr2N. The lowest BCUT2D eigenvalue weighted by Gasteiger charge is -2.00. The first kappa shape index (κ1) is 9.26. The molecule has 0 unspecified atom stereocenters. The largest absolute Gasteiger partial charge is 0.256 e. The fraction of sp³-hybridized carbons (Fsp3) is 0.286. The summed E-state index contributed by atoms with van der Waals surface area (Å²) in [6.45, 7) is 0. The van der Waals surface area contributed by atoms with Crippen molar-refractivity contribution in [1.82, 2.24) is 4.98 Å². The van der Waals surface area contributed by atoms with Gasteiger partial charge in [0.05, 0.1) is 11.4 Å². The van der Waals surface area contributed by atoms with Gasteiger partial charge in [-0.2, -0.15) is 0 Å². The Labute approximate surface area is 84.3 Å². The Morgan fingerprint density at radius 1 is 1.18 bits per heavy atom. The molecule has 0 radical (unpaired) electrons. The van der Waals surface area contributed by atoms with E-state index < -0.39 is 0 Å². The summed E-state index contributed by atoms with van der Waals surface area (Å²) in [4.78, 5) is 4.38. The highest BCUT2D eigenvalue weighted by molar-refractivity contribution is 9.08. The second kappa shape index (κ2) is 4.26. The van der Waals surface area contributed by atoms with Crippen molar-refractivity contribution in [3.05, 3.63) is 23.5 Å². The normalized spacial score (nSPS) is 10.0. The molecule has 0 aliphatic carbocycles. The zero-order valence-electron chi connectivity index (χ0n) is 6.27. The summed E-state index contributed by atoms with van der Waals surface area (Å²) in [6.07, 6.45) is 0. The molecule has 1 heterocycles. The number of halogens is 2. The minimum atomic E-state index is 0.828. The van der Waals surface area contributed by atoms with Crippen LogP contribution < -0.4 is 5.46 Å². The molecule has 1 rings (SSSR count). The summed E-state index contributed by atoms with van der Waals surface area (Å²) in [7, 11) is 2.08. The molecule has 1 aromatic heterocycles. The Morgan fingerprint density at radius 3 is 2.00 bits per heavy atom. The average molecular weight is 277 g/mol. The highest BCUT2D eigenvalue weighted by Crippen LogP contribution is 2.04. The number of nitrogens with zero attached hydrogens (tertiary/aromatic N) is 1. The van der Waals surface area contributed by atoms with Crippen molar-refractivity contribution in [2.24, 2.45) is 0 Å². The van der Waals surface area contributed by atoms with E-state index in [4.69, 9.17) is 0 Å². The quantitative estimate of drug-likeness (QED) is 0.583.